The molecule has 0 radical (unpaired) electrons. The SMILES string of the molecule is Cc1[cH-]c2c(ccc3ccccc32)c1C.Cc1[cH-]c2c(ccc3ccccc32)c1C.[Cl-].[Cl-].[Zr+4]. The zero-order valence-electron chi connectivity index (χ0n) is 19.3. The van der Waals surface area contributed by atoms with Gasteiger partial charge >= 0.3 is 26.2 Å². The molecule has 0 fully saturated rings. The predicted molar refractivity (Wildman–Crippen MR) is 133 cm³/mol. The molecule has 33 heavy (non-hydrogen) atoms. The van der Waals surface area contributed by atoms with E-state index >= 15 is 0 Å². The van der Waals surface area contributed by atoms with Crippen LogP contribution in [0.4, 0.5) is 0 Å². The molecule has 0 N–H and O–H groups in total. The van der Waals surface area contributed by atoms with Gasteiger partial charge in [-0.15, -0.1) is 56.9 Å². The predicted octanol–water partition coefficient (Wildman–Crippen LogP) is 2.66. The Labute approximate surface area is 227 Å². The maximum absolute atomic E-state index is 2.30. The topological polar surface area (TPSA) is 0 Å². The van der Waals surface area contributed by atoms with Gasteiger partial charge in [0, 0.05) is 0 Å². The van der Waals surface area contributed by atoms with Crippen LogP contribution in [0.15, 0.2) is 84.9 Å². The Morgan fingerprint density at radius 1 is 0.455 bits per heavy atom. The molecule has 0 saturated heterocycles. The van der Waals surface area contributed by atoms with Crippen molar-refractivity contribution in [1.82, 2.24) is 0 Å². The summed E-state index contributed by atoms with van der Waals surface area (Å²) in [4.78, 5) is 0. The monoisotopic (exact) mass is 546 g/mol. The van der Waals surface area contributed by atoms with Gasteiger partial charge in [-0.2, -0.15) is 11.1 Å². The molecule has 0 spiro atoms. The van der Waals surface area contributed by atoms with E-state index in [4.69, 9.17) is 0 Å². The molecule has 164 valence electrons. The van der Waals surface area contributed by atoms with E-state index in [1.165, 1.54) is 65.3 Å². The molecule has 0 atom stereocenters. The van der Waals surface area contributed by atoms with Crippen molar-refractivity contribution in [2.45, 2.75) is 27.7 Å². The molecule has 6 aromatic carbocycles. The van der Waals surface area contributed by atoms with E-state index in [9.17, 15) is 0 Å². The molecule has 0 aromatic heterocycles. The van der Waals surface area contributed by atoms with Gasteiger partial charge in [0.05, 0.1) is 0 Å². The van der Waals surface area contributed by atoms with Crippen LogP contribution >= 0.6 is 0 Å². The van der Waals surface area contributed by atoms with Crippen LogP contribution in [0.2, 0.25) is 0 Å². The molecule has 0 nitrogen and oxygen atoms in total. The Morgan fingerprint density at radius 2 is 0.818 bits per heavy atom. The third-order valence-electron chi connectivity index (χ3n) is 6.65. The fourth-order valence-electron chi connectivity index (χ4n) is 4.63. The second kappa shape index (κ2) is 11.0. The van der Waals surface area contributed by atoms with E-state index in [1.54, 1.807) is 0 Å². The smallest absolute Gasteiger partial charge is 1.00 e. The number of benzene rings is 4. The summed E-state index contributed by atoms with van der Waals surface area (Å²) in [6, 6.07) is 30.7. The van der Waals surface area contributed by atoms with Crippen molar-refractivity contribution >= 4 is 43.1 Å². The molecule has 0 aliphatic rings. The average Bonchev–Trinajstić information content (AvgIpc) is 3.24. The Bertz CT molecular complexity index is 1420. The van der Waals surface area contributed by atoms with Gasteiger partial charge in [0.2, 0.25) is 0 Å². The first-order valence-electron chi connectivity index (χ1n) is 10.6. The van der Waals surface area contributed by atoms with Gasteiger partial charge in [-0.05, 0) is 0 Å². The molecule has 0 bridgehead atoms. The summed E-state index contributed by atoms with van der Waals surface area (Å²) >= 11 is 0. The van der Waals surface area contributed by atoms with Gasteiger partial charge in [0.15, 0.2) is 0 Å². The maximum Gasteiger partial charge on any atom is 4.00 e. The molecule has 6 rings (SSSR count). The molecular formula is C30H26Cl2Zr. The second-order valence-electron chi connectivity index (χ2n) is 8.40. The van der Waals surface area contributed by atoms with Crippen LogP contribution in [0, 0.1) is 27.7 Å². The van der Waals surface area contributed by atoms with Crippen LogP contribution in [-0.2, 0) is 26.2 Å². The molecule has 0 aliphatic carbocycles. The van der Waals surface area contributed by atoms with Crippen molar-refractivity contribution in [1.29, 1.82) is 0 Å². The summed E-state index contributed by atoms with van der Waals surface area (Å²) < 4.78 is 0. The zero-order chi connectivity index (χ0) is 20.8. The molecule has 6 aromatic rings. The number of halogens is 2. The van der Waals surface area contributed by atoms with E-state index in [2.05, 4.69) is 113 Å². The van der Waals surface area contributed by atoms with Crippen molar-refractivity contribution in [3.05, 3.63) is 107 Å². The largest absolute Gasteiger partial charge is 4.00 e. The van der Waals surface area contributed by atoms with E-state index in [1.807, 2.05) is 0 Å². The van der Waals surface area contributed by atoms with Gasteiger partial charge in [0.25, 0.3) is 0 Å². The number of aryl methyl sites for hydroxylation is 4. The Kier molecular flexibility index (Phi) is 9.11. The van der Waals surface area contributed by atoms with Crippen molar-refractivity contribution in [2.24, 2.45) is 0 Å². The van der Waals surface area contributed by atoms with E-state index in [-0.39, 0.29) is 51.0 Å². The first-order valence-corrected chi connectivity index (χ1v) is 10.6. The molecular weight excluding hydrogens is 522 g/mol. The quantitative estimate of drug-likeness (QED) is 0.256. The summed E-state index contributed by atoms with van der Waals surface area (Å²) in [6.45, 7) is 8.77. The van der Waals surface area contributed by atoms with Crippen LogP contribution in [0.5, 0.6) is 0 Å². The third kappa shape index (κ3) is 4.83. The summed E-state index contributed by atoms with van der Waals surface area (Å²) in [5.41, 5.74) is 5.61. The van der Waals surface area contributed by atoms with Gasteiger partial charge in [-0.1, -0.05) is 110 Å². The molecule has 0 saturated carbocycles. The second-order valence-corrected chi connectivity index (χ2v) is 8.40. The Hall–Kier alpha value is -1.92. The first-order chi connectivity index (χ1) is 14.5. The third-order valence-corrected chi connectivity index (χ3v) is 6.65. The number of hydrogen-bond donors (Lipinski definition) is 0. The Morgan fingerprint density at radius 3 is 1.21 bits per heavy atom. The van der Waals surface area contributed by atoms with Crippen molar-refractivity contribution < 1.29 is 51.0 Å². The molecule has 3 heteroatoms. The van der Waals surface area contributed by atoms with Crippen molar-refractivity contribution in [2.75, 3.05) is 0 Å². The van der Waals surface area contributed by atoms with Crippen molar-refractivity contribution in [3.63, 3.8) is 0 Å². The summed E-state index contributed by atoms with van der Waals surface area (Å²) in [5, 5.41) is 11.0. The fraction of sp³-hybridized carbons (Fsp3) is 0.133. The number of hydrogen-bond acceptors (Lipinski definition) is 0. The number of rotatable bonds is 0. The molecule has 0 aliphatic heterocycles. The van der Waals surface area contributed by atoms with Gasteiger partial charge in [-0.3, -0.25) is 0 Å². The molecule has 0 heterocycles. The van der Waals surface area contributed by atoms with E-state index in [0.29, 0.717) is 0 Å². The summed E-state index contributed by atoms with van der Waals surface area (Å²) in [7, 11) is 0. The minimum atomic E-state index is 0. The zero-order valence-corrected chi connectivity index (χ0v) is 23.3. The molecule has 0 amide bonds. The van der Waals surface area contributed by atoms with Crippen LogP contribution in [0.25, 0.3) is 43.1 Å². The summed E-state index contributed by atoms with van der Waals surface area (Å²) in [6.07, 6.45) is 0. The fourth-order valence-corrected chi connectivity index (χ4v) is 4.63. The minimum Gasteiger partial charge on any atom is -1.00 e. The van der Waals surface area contributed by atoms with Gasteiger partial charge in [-0.25, -0.2) is 0 Å². The van der Waals surface area contributed by atoms with Crippen LogP contribution in [0.1, 0.15) is 22.3 Å². The normalized spacial score (nSPS) is 10.3. The molecule has 0 unspecified atom stereocenters. The average molecular weight is 549 g/mol. The van der Waals surface area contributed by atoms with Gasteiger partial charge in [0.1, 0.15) is 0 Å². The van der Waals surface area contributed by atoms with Crippen LogP contribution in [-0.4, -0.2) is 0 Å². The van der Waals surface area contributed by atoms with E-state index < -0.39 is 0 Å². The van der Waals surface area contributed by atoms with Gasteiger partial charge < -0.3 is 24.8 Å². The van der Waals surface area contributed by atoms with Crippen LogP contribution < -0.4 is 24.8 Å². The van der Waals surface area contributed by atoms with Crippen LogP contribution in [0.3, 0.4) is 0 Å². The minimum absolute atomic E-state index is 0. The van der Waals surface area contributed by atoms with Crippen molar-refractivity contribution in [3.8, 4) is 0 Å². The van der Waals surface area contributed by atoms with E-state index in [0.717, 1.165) is 0 Å². The first kappa shape index (κ1) is 27.3. The Balaban J connectivity index is 0.000000214. The summed E-state index contributed by atoms with van der Waals surface area (Å²) in [5.74, 6) is 0. The standard InChI is InChI=1S/2C15H13.2ClH.Zr/c2*1-10-9-15-13(11(10)2)8-7-12-5-3-4-6-14(12)15;;;/h2*3-9H,1-2H3;2*1H;/q2*-1;;;+4/p-2. The maximum atomic E-state index is 2.30. The number of fused-ring (bicyclic) bond motifs is 6.